The maximum atomic E-state index is 12.3. The number of piperazine rings is 1. The summed E-state index contributed by atoms with van der Waals surface area (Å²) in [5, 5.41) is 3.00. The summed E-state index contributed by atoms with van der Waals surface area (Å²) < 4.78 is 5.14. The van der Waals surface area contributed by atoms with Gasteiger partial charge in [0.1, 0.15) is 5.75 Å². The van der Waals surface area contributed by atoms with Crippen molar-refractivity contribution in [3.63, 3.8) is 0 Å². The number of carbonyl (C=O) groups excluding carboxylic acids is 1. The van der Waals surface area contributed by atoms with E-state index in [1.807, 2.05) is 29.2 Å². The summed E-state index contributed by atoms with van der Waals surface area (Å²) in [6, 6.07) is 7.80. The molecule has 24 heavy (non-hydrogen) atoms. The predicted molar refractivity (Wildman–Crippen MR) is 96.4 cm³/mol. The van der Waals surface area contributed by atoms with Gasteiger partial charge in [-0.2, -0.15) is 0 Å². The van der Waals surface area contributed by atoms with Gasteiger partial charge in [-0.3, -0.25) is 4.90 Å². The van der Waals surface area contributed by atoms with Gasteiger partial charge in [-0.15, -0.1) is 0 Å². The smallest absolute Gasteiger partial charge is 0.317 e. The van der Waals surface area contributed by atoms with Crippen LogP contribution in [0.25, 0.3) is 0 Å². The lowest BCUT2D eigenvalue weighted by molar-refractivity contribution is 0.136. The third-order valence-corrected chi connectivity index (χ3v) is 4.34. The molecule has 6 nitrogen and oxygen atoms in total. The number of methoxy groups -OCH3 is 1. The summed E-state index contributed by atoms with van der Waals surface area (Å²) >= 11 is 0. The third kappa shape index (κ3) is 6.02. The van der Waals surface area contributed by atoms with Crippen LogP contribution in [-0.2, 0) is 6.54 Å². The van der Waals surface area contributed by atoms with E-state index < -0.39 is 0 Å². The van der Waals surface area contributed by atoms with Gasteiger partial charge in [-0.25, -0.2) is 4.79 Å². The van der Waals surface area contributed by atoms with Crippen molar-refractivity contribution >= 4 is 6.03 Å². The van der Waals surface area contributed by atoms with Gasteiger partial charge < -0.3 is 19.9 Å². The number of carbonyl (C=O) groups is 1. The molecule has 1 aliphatic heterocycles. The fourth-order valence-electron chi connectivity index (χ4n) is 2.82. The van der Waals surface area contributed by atoms with Crippen molar-refractivity contribution in [3.8, 4) is 5.75 Å². The minimum atomic E-state index is 0.0266. The molecule has 0 bridgehead atoms. The van der Waals surface area contributed by atoms with E-state index in [1.54, 1.807) is 7.11 Å². The number of ether oxygens (including phenoxy) is 1. The molecule has 1 aromatic rings. The maximum Gasteiger partial charge on any atom is 0.317 e. The Balaban J connectivity index is 1.66. The first kappa shape index (κ1) is 18.5. The van der Waals surface area contributed by atoms with Gasteiger partial charge in [0.2, 0.25) is 0 Å². The molecular weight excluding hydrogens is 304 g/mol. The summed E-state index contributed by atoms with van der Waals surface area (Å²) in [6.45, 7) is 6.30. The van der Waals surface area contributed by atoms with E-state index in [0.717, 1.165) is 50.6 Å². The van der Waals surface area contributed by atoms with Crippen LogP contribution in [0.15, 0.2) is 24.3 Å². The van der Waals surface area contributed by atoms with Gasteiger partial charge in [0.25, 0.3) is 0 Å². The zero-order valence-electron chi connectivity index (χ0n) is 15.1. The van der Waals surface area contributed by atoms with Crippen LogP contribution in [0.3, 0.4) is 0 Å². The van der Waals surface area contributed by atoms with Crippen LogP contribution < -0.4 is 10.1 Å². The molecule has 1 heterocycles. The second kappa shape index (κ2) is 9.49. The second-order valence-corrected chi connectivity index (χ2v) is 6.49. The Bertz CT molecular complexity index is 496. The molecule has 1 N–H and O–H groups in total. The summed E-state index contributed by atoms with van der Waals surface area (Å²) in [6.07, 6.45) is 1.18. The lowest BCUT2D eigenvalue weighted by Gasteiger charge is -2.34. The van der Waals surface area contributed by atoms with E-state index in [9.17, 15) is 4.79 Å². The van der Waals surface area contributed by atoms with Crippen LogP contribution in [0, 0.1) is 0 Å². The zero-order valence-corrected chi connectivity index (χ0v) is 15.1. The molecule has 2 amide bonds. The van der Waals surface area contributed by atoms with E-state index in [-0.39, 0.29) is 6.03 Å². The quantitative estimate of drug-likeness (QED) is 0.820. The molecule has 6 heteroatoms. The van der Waals surface area contributed by atoms with Crippen LogP contribution in [0.1, 0.15) is 12.0 Å². The molecule has 1 fully saturated rings. The monoisotopic (exact) mass is 334 g/mol. The molecule has 134 valence electrons. The van der Waals surface area contributed by atoms with Gasteiger partial charge in [-0.05, 0) is 51.3 Å². The van der Waals surface area contributed by atoms with Gasteiger partial charge in [-0.1, -0.05) is 12.1 Å². The normalized spacial score (nSPS) is 15.6. The van der Waals surface area contributed by atoms with E-state index in [1.165, 1.54) is 6.42 Å². The lowest BCUT2D eigenvalue weighted by atomic mass is 10.2. The predicted octanol–water partition coefficient (Wildman–Crippen LogP) is 1.47. The zero-order chi connectivity index (χ0) is 17.4. The standard InChI is InChI=1S/C18H30N4O2/c1-20(2)9-4-10-21-11-13-22(14-12-21)18(23)19-15-16-5-7-17(24-3)8-6-16/h5-8H,4,9-15H2,1-3H3,(H,19,23). The highest BCUT2D eigenvalue weighted by Crippen LogP contribution is 2.11. The average molecular weight is 334 g/mol. The number of amides is 2. The summed E-state index contributed by atoms with van der Waals surface area (Å²) in [7, 11) is 5.85. The Kier molecular flexibility index (Phi) is 7.34. The van der Waals surface area contributed by atoms with E-state index in [2.05, 4.69) is 29.2 Å². The van der Waals surface area contributed by atoms with Crippen molar-refractivity contribution in [1.29, 1.82) is 0 Å². The number of rotatable bonds is 7. The fraction of sp³-hybridized carbons (Fsp3) is 0.611. The maximum absolute atomic E-state index is 12.3. The highest BCUT2D eigenvalue weighted by atomic mass is 16.5. The molecule has 1 aliphatic rings. The Morgan fingerprint density at radius 3 is 2.42 bits per heavy atom. The number of nitrogens with zero attached hydrogens (tertiary/aromatic N) is 3. The topological polar surface area (TPSA) is 48.1 Å². The first-order valence-corrected chi connectivity index (χ1v) is 8.61. The number of urea groups is 1. The molecular formula is C18H30N4O2. The van der Waals surface area contributed by atoms with Crippen LogP contribution >= 0.6 is 0 Å². The van der Waals surface area contributed by atoms with Crippen LogP contribution in [0.5, 0.6) is 5.75 Å². The van der Waals surface area contributed by atoms with Crippen LogP contribution in [0.4, 0.5) is 4.79 Å². The van der Waals surface area contributed by atoms with Gasteiger partial charge in [0.15, 0.2) is 0 Å². The molecule has 0 aliphatic carbocycles. The Morgan fingerprint density at radius 1 is 1.17 bits per heavy atom. The fourth-order valence-corrected chi connectivity index (χ4v) is 2.82. The SMILES string of the molecule is COc1ccc(CNC(=O)N2CCN(CCCN(C)C)CC2)cc1. The average Bonchev–Trinajstić information content (AvgIpc) is 2.60. The highest BCUT2D eigenvalue weighted by molar-refractivity contribution is 5.74. The second-order valence-electron chi connectivity index (χ2n) is 6.49. The molecule has 0 spiro atoms. The van der Waals surface area contributed by atoms with Gasteiger partial charge in [0.05, 0.1) is 7.11 Å². The van der Waals surface area contributed by atoms with Crippen molar-refractivity contribution in [3.05, 3.63) is 29.8 Å². The lowest BCUT2D eigenvalue weighted by Crippen LogP contribution is -2.51. The Morgan fingerprint density at radius 2 is 1.83 bits per heavy atom. The summed E-state index contributed by atoms with van der Waals surface area (Å²) in [5.41, 5.74) is 1.08. The number of hydrogen-bond acceptors (Lipinski definition) is 4. The first-order chi connectivity index (χ1) is 11.6. The van der Waals surface area contributed by atoms with E-state index >= 15 is 0 Å². The molecule has 0 atom stereocenters. The molecule has 1 saturated heterocycles. The molecule has 0 unspecified atom stereocenters. The van der Waals surface area contributed by atoms with Gasteiger partial charge >= 0.3 is 6.03 Å². The number of benzene rings is 1. The molecule has 0 aromatic heterocycles. The van der Waals surface area contributed by atoms with Crippen LogP contribution in [0.2, 0.25) is 0 Å². The summed E-state index contributed by atoms with van der Waals surface area (Å²) in [4.78, 5) is 18.8. The third-order valence-electron chi connectivity index (χ3n) is 4.34. The van der Waals surface area contributed by atoms with Crippen molar-refractivity contribution in [1.82, 2.24) is 20.0 Å². The first-order valence-electron chi connectivity index (χ1n) is 8.61. The summed E-state index contributed by atoms with van der Waals surface area (Å²) in [5.74, 6) is 0.829. The number of hydrogen-bond donors (Lipinski definition) is 1. The molecule has 2 rings (SSSR count). The highest BCUT2D eigenvalue weighted by Gasteiger charge is 2.20. The van der Waals surface area contributed by atoms with Gasteiger partial charge in [0, 0.05) is 32.7 Å². The minimum Gasteiger partial charge on any atom is -0.497 e. The molecule has 0 radical (unpaired) electrons. The number of nitrogens with one attached hydrogen (secondary N) is 1. The van der Waals surface area contributed by atoms with Crippen molar-refractivity contribution in [2.24, 2.45) is 0 Å². The largest absolute Gasteiger partial charge is 0.497 e. The van der Waals surface area contributed by atoms with Crippen molar-refractivity contribution < 1.29 is 9.53 Å². The molecule has 1 aromatic carbocycles. The Hall–Kier alpha value is -1.79. The van der Waals surface area contributed by atoms with E-state index in [4.69, 9.17) is 4.74 Å². The minimum absolute atomic E-state index is 0.0266. The van der Waals surface area contributed by atoms with Crippen molar-refractivity contribution in [2.75, 3.05) is 60.5 Å². The Labute approximate surface area is 145 Å². The van der Waals surface area contributed by atoms with E-state index in [0.29, 0.717) is 6.54 Å². The van der Waals surface area contributed by atoms with Crippen LogP contribution in [-0.4, -0.2) is 81.2 Å². The van der Waals surface area contributed by atoms with Crippen molar-refractivity contribution in [2.45, 2.75) is 13.0 Å². The molecule has 0 saturated carbocycles.